The Kier molecular flexibility index (Phi) is 7.96. The molecule has 1 nitrogen and oxygen atoms in total. The van der Waals surface area contributed by atoms with Gasteiger partial charge < -0.3 is 4.90 Å². The van der Waals surface area contributed by atoms with E-state index in [-0.39, 0.29) is 10.8 Å². The minimum atomic E-state index is -0.0655. The van der Waals surface area contributed by atoms with Crippen molar-refractivity contribution in [3.8, 4) is 22.3 Å². The molecule has 0 heterocycles. The molecule has 0 saturated heterocycles. The highest BCUT2D eigenvalue weighted by molar-refractivity contribution is 6.08. The smallest absolute Gasteiger partial charge is 0.0458 e. The molecule has 0 aliphatic heterocycles. The monoisotopic (exact) mass is 623 g/mol. The highest BCUT2D eigenvalue weighted by Crippen LogP contribution is 2.55. The highest BCUT2D eigenvalue weighted by Gasteiger charge is 2.39. The van der Waals surface area contributed by atoms with Gasteiger partial charge in [0.05, 0.1) is 0 Å². The Morgan fingerprint density at radius 2 is 1.40 bits per heavy atom. The number of hydrogen-bond donors (Lipinski definition) is 0. The second kappa shape index (κ2) is 12.1. The molecule has 238 valence electrons. The Bertz CT molecular complexity index is 2180. The molecular formula is C47H45N. The predicted molar refractivity (Wildman–Crippen MR) is 209 cm³/mol. The summed E-state index contributed by atoms with van der Waals surface area (Å²) >= 11 is 0. The van der Waals surface area contributed by atoms with E-state index in [1.54, 1.807) is 0 Å². The molecule has 1 heteroatoms. The zero-order valence-electron chi connectivity index (χ0n) is 29.1. The lowest BCUT2D eigenvalue weighted by Crippen LogP contribution is -2.16. The molecule has 5 aromatic rings. The van der Waals surface area contributed by atoms with Crippen LogP contribution in [0.3, 0.4) is 0 Å². The van der Waals surface area contributed by atoms with Gasteiger partial charge in [0.2, 0.25) is 0 Å². The highest BCUT2D eigenvalue weighted by atomic mass is 15.1. The molecule has 48 heavy (non-hydrogen) atoms. The van der Waals surface area contributed by atoms with Crippen LogP contribution in [0.4, 0.5) is 11.4 Å². The van der Waals surface area contributed by atoms with Crippen LogP contribution in [-0.4, -0.2) is 0 Å². The van der Waals surface area contributed by atoms with E-state index in [1.165, 1.54) is 66.4 Å². The molecule has 2 aliphatic carbocycles. The summed E-state index contributed by atoms with van der Waals surface area (Å²) in [7, 11) is 0. The van der Waals surface area contributed by atoms with E-state index in [4.69, 9.17) is 0 Å². The lowest BCUT2D eigenvalue weighted by Gasteiger charge is -2.26. The maximum atomic E-state index is 3.85. The van der Waals surface area contributed by atoms with Crippen LogP contribution in [0.25, 0.3) is 38.6 Å². The first-order chi connectivity index (χ1) is 23.2. The fourth-order valence-electron chi connectivity index (χ4n) is 8.14. The topological polar surface area (TPSA) is 3.24 Å². The van der Waals surface area contributed by atoms with Gasteiger partial charge in [-0.2, -0.15) is 0 Å². The predicted octanol–water partition coefficient (Wildman–Crippen LogP) is 13.2. The van der Waals surface area contributed by atoms with E-state index < -0.39 is 0 Å². The van der Waals surface area contributed by atoms with Crippen LogP contribution in [-0.2, 0) is 10.8 Å². The Balaban J connectivity index is 1.37. The normalized spacial score (nSPS) is 17.4. The quantitative estimate of drug-likeness (QED) is 0.163. The molecule has 5 aromatic carbocycles. The summed E-state index contributed by atoms with van der Waals surface area (Å²) in [5.41, 5.74) is 15.7. The zero-order valence-corrected chi connectivity index (χ0v) is 29.1. The molecular weight excluding hydrogens is 579 g/mol. The third-order valence-corrected chi connectivity index (χ3v) is 10.5. The van der Waals surface area contributed by atoms with Crippen LogP contribution in [0.1, 0.15) is 70.2 Å². The van der Waals surface area contributed by atoms with E-state index in [0.29, 0.717) is 0 Å². The summed E-state index contributed by atoms with van der Waals surface area (Å²) < 4.78 is 0. The van der Waals surface area contributed by atoms with Gasteiger partial charge in [0.15, 0.2) is 0 Å². The summed E-state index contributed by atoms with van der Waals surface area (Å²) in [4.78, 5) is 2.30. The van der Waals surface area contributed by atoms with Gasteiger partial charge in [-0.25, -0.2) is 0 Å². The van der Waals surface area contributed by atoms with Crippen LogP contribution in [0.2, 0.25) is 0 Å². The van der Waals surface area contributed by atoms with Gasteiger partial charge in [-0.15, -0.1) is 0 Å². The third-order valence-electron chi connectivity index (χ3n) is 10.5. The van der Waals surface area contributed by atoms with Crippen molar-refractivity contribution in [1.82, 2.24) is 0 Å². The van der Waals surface area contributed by atoms with Crippen LogP contribution in [0.5, 0.6) is 0 Å². The maximum Gasteiger partial charge on any atom is 0.0458 e. The van der Waals surface area contributed by atoms with Crippen LogP contribution in [0, 0.1) is 0 Å². The summed E-state index contributed by atoms with van der Waals surface area (Å²) in [6.07, 6.45) is 15.7. The Morgan fingerprint density at radius 1 is 0.667 bits per heavy atom. The van der Waals surface area contributed by atoms with Crippen molar-refractivity contribution in [1.29, 1.82) is 0 Å². The first-order valence-electron chi connectivity index (χ1n) is 17.3. The van der Waals surface area contributed by atoms with Crippen molar-refractivity contribution >= 4 is 27.7 Å². The molecule has 0 fully saturated rings. The molecule has 0 atom stereocenters. The van der Waals surface area contributed by atoms with Crippen molar-refractivity contribution in [2.24, 2.45) is 0 Å². The molecule has 0 radical (unpaired) electrons. The van der Waals surface area contributed by atoms with Gasteiger partial charge in [-0.3, -0.25) is 0 Å². The Morgan fingerprint density at radius 3 is 2.15 bits per heavy atom. The summed E-state index contributed by atoms with van der Waals surface area (Å²) in [5, 5.41) is 2.58. The van der Waals surface area contributed by atoms with Gasteiger partial charge in [0, 0.05) is 28.4 Å². The first kappa shape index (κ1) is 31.5. The minimum Gasteiger partial charge on any atom is -0.317 e. The maximum absolute atomic E-state index is 3.85. The second-order valence-corrected chi connectivity index (χ2v) is 14.0. The number of fused-ring (bicyclic) bond motifs is 5. The molecule has 0 amide bonds. The number of allylic oxidation sites excluding steroid dienone is 8. The minimum absolute atomic E-state index is 0.0639. The fraction of sp³-hybridized carbons (Fsp3) is 0.191. The van der Waals surface area contributed by atoms with Gasteiger partial charge in [0.25, 0.3) is 0 Å². The SMILES string of the molecule is C=C/C=C\C=C/N(c1ccc(-c2c3c(cc4ccccc24)C(C)(C)c2ccccc2-3)cc1)c1ccc2c(c1)C(C)(C)C(=C/CC)/C2=C\C. The van der Waals surface area contributed by atoms with Crippen molar-refractivity contribution in [3.63, 3.8) is 0 Å². The number of hydrogen-bond acceptors (Lipinski definition) is 1. The summed E-state index contributed by atoms with van der Waals surface area (Å²) in [6.45, 7) is 17.7. The second-order valence-electron chi connectivity index (χ2n) is 14.0. The Hall–Kier alpha value is -5.14. The summed E-state index contributed by atoms with van der Waals surface area (Å²) in [5.74, 6) is 0. The number of benzene rings is 5. The van der Waals surface area contributed by atoms with E-state index in [2.05, 4.69) is 175 Å². The third kappa shape index (κ3) is 4.92. The molecule has 0 bridgehead atoms. The van der Waals surface area contributed by atoms with Crippen molar-refractivity contribution in [2.45, 2.75) is 58.8 Å². The largest absolute Gasteiger partial charge is 0.317 e. The van der Waals surface area contributed by atoms with E-state index in [0.717, 1.165) is 17.8 Å². The number of rotatable bonds is 7. The lowest BCUT2D eigenvalue weighted by molar-refractivity contribution is 0.657. The van der Waals surface area contributed by atoms with Gasteiger partial charge in [-0.1, -0.05) is 138 Å². The van der Waals surface area contributed by atoms with Crippen LogP contribution < -0.4 is 4.90 Å². The number of nitrogens with zero attached hydrogens (tertiary/aromatic N) is 1. The van der Waals surface area contributed by atoms with E-state index in [9.17, 15) is 0 Å². The van der Waals surface area contributed by atoms with Gasteiger partial charge >= 0.3 is 0 Å². The standard InChI is InChI=1S/C47H45N/c1-8-11-12-17-29-48(35-27-28-38-36(10-3)40(18-9-2)46(4,5)42(38)31-35)34-25-23-32(24-26-34)44-37-20-14-13-19-33(37)30-43-45(44)39-21-15-16-22-41(39)47(43,6)7/h8,10-31H,1,9H2,2-7H3/b12-11-,29-17-,36-10-,40-18+. The lowest BCUT2D eigenvalue weighted by atomic mass is 9.80. The van der Waals surface area contributed by atoms with Crippen molar-refractivity contribution in [3.05, 3.63) is 174 Å². The van der Waals surface area contributed by atoms with Gasteiger partial charge in [0.1, 0.15) is 0 Å². The molecule has 0 spiro atoms. The van der Waals surface area contributed by atoms with E-state index >= 15 is 0 Å². The van der Waals surface area contributed by atoms with Crippen LogP contribution >= 0.6 is 0 Å². The number of anilines is 2. The first-order valence-corrected chi connectivity index (χ1v) is 17.3. The summed E-state index contributed by atoms with van der Waals surface area (Å²) in [6, 6.07) is 36.3. The van der Waals surface area contributed by atoms with Crippen LogP contribution in [0.15, 0.2) is 152 Å². The molecule has 0 aromatic heterocycles. The zero-order chi connectivity index (χ0) is 33.6. The van der Waals surface area contributed by atoms with Crippen molar-refractivity contribution < 1.29 is 0 Å². The van der Waals surface area contributed by atoms with Crippen molar-refractivity contribution in [2.75, 3.05) is 4.90 Å². The average Bonchev–Trinajstić information content (AvgIpc) is 3.46. The molecule has 0 unspecified atom stereocenters. The Labute approximate surface area is 287 Å². The average molecular weight is 624 g/mol. The fourth-order valence-corrected chi connectivity index (χ4v) is 8.14. The molecule has 2 aliphatic rings. The molecule has 7 rings (SSSR count). The van der Waals surface area contributed by atoms with E-state index in [1.807, 2.05) is 18.2 Å². The molecule has 0 saturated carbocycles. The van der Waals surface area contributed by atoms with Gasteiger partial charge in [-0.05, 0) is 116 Å². The molecule has 0 N–H and O–H groups in total.